The first-order valence-corrected chi connectivity index (χ1v) is 5.70. The molecule has 0 bridgehead atoms. The van der Waals surface area contributed by atoms with Gasteiger partial charge in [-0.2, -0.15) is 0 Å². The van der Waals surface area contributed by atoms with Gasteiger partial charge in [-0.05, 0) is 40.2 Å². The minimum absolute atomic E-state index is 0.224. The zero-order chi connectivity index (χ0) is 13.1. The molecular weight excluding hydrogens is 224 g/mol. The number of carboxylic acid groups (broad SMARTS) is 1. The number of amides is 1. The van der Waals surface area contributed by atoms with E-state index in [1.165, 1.54) is 0 Å². The van der Waals surface area contributed by atoms with Crippen LogP contribution < -0.4 is 10.6 Å². The Bertz CT molecular complexity index is 303. The summed E-state index contributed by atoms with van der Waals surface area (Å²) in [4.78, 5) is 22.9. The third-order valence-corrected chi connectivity index (χ3v) is 2.53. The van der Waals surface area contributed by atoms with Gasteiger partial charge in [0.2, 0.25) is 0 Å². The molecule has 0 aromatic heterocycles. The molecule has 98 valence electrons. The summed E-state index contributed by atoms with van der Waals surface area (Å²) in [6.07, 6.45) is 0.431. The first kappa shape index (κ1) is 13.8. The average molecular weight is 244 g/mol. The van der Waals surface area contributed by atoms with Crippen molar-refractivity contribution in [2.75, 3.05) is 13.1 Å². The van der Waals surface area contributed by atoms with Crippen molar-refractivity contribution < 1.29 is 19.4 Å². The lowest BCUT2D eigenvalue weighted by Gasteiger charge is -2.34. The molecule has 3 N–H and O–H groups in total. The van der Waals surface area contributed by atoms with Gasteiger partial charge < -0.3 is 20.5 Å². The molecule has 0 aromatic carbocycles. The Balaban J connectivity index is 2.67. The van der Waals surface area contributed by atoms with Crippen LogP contribution in [-0.2, 0) is 9.53 Å². The molecule has 6 nitrogen and oxygen atoms in total. The van der Waals surface area contributed by atoms with Gasteiger partial charge in [-0.3, -0.25) is 0 Å². The maximum Gasteiger partial charge on any atom is 0.408 e. The van der Waals surface area contributed by atoms with Gasteiger partial charge in [0.25, 0.3) is 0 Å². The van der Waals surface area contributed by atoms with E-state index in [0.29, 0.717) is 12.8 Å². The molecule has 0 spiro atoms. The summed E-state index contributed by atoms with van der Waals surface area (Å²) in [6.45, 7) is 6.20. The van der Waals surface area contributed by atoms with Gasteiger partial charge in [-0.25, -0.2) is 9.59 Å². The third-order valence-electron chi connectivity index (χ3n) is 2.53. The van der Waals surface area contributed by atoms with Crippen molar-refractivity contribution in [2.24, 2.45) is 0 Å². The monoisotopic (exact) mass is 244 g/mol. The number of nitrogens with one attached hydrogen (secondary N) is 2. The van der Waals surface area contributed by atoms with E-state index in [9.17, 15) is 14.7 Å². The van der Waals surface area contributed by atoms with Gasteiger partial charge in [-0.15, -0.1) is 0 Å². The molecule has 0 aromatic rings. The highest BCUT2D eigenvalue weighted by atomic mass is 16.6. The van der Waals surface area contributed by atoms with Crippen LogP contribution in [0.25, 0.3) is 0 Å². The lowest BCUT2D eigenvalue weighted by molar-refractivity contribution is -0.145. The van der Waals surface area contributed by atoms with Crippen LogP contribution in [0.1, 0.15) is 33.6 Å². The number of carbonyl (C=O) groups is 2. The van der Waals surface area contributed by atoms with Crippen LogP contribution in [0.2, 0.25) is 0 Å². The van der Waals surface area contributed by atoms with Crippen molar-refractivity contribution in [3.8, 4) is 0 Å². The molecule has 1 fully saturated rings. The molecule has 1 atom stereocenters. The molecular formula is C11H20N2O4. The summed E-state index contributed by atoms with van der Waals surface area (Å²) in [7, 11) is 0. The van der Waals surface area contributed by atoms with E-state index in [2.05, 4.69) is 10.6 Å². The van der Waals surface area contributed by atoms with E-state index in [0.717, 1.165) is 6.54 Å². The fourth-order valence-corrected chi connectivity index (χ4v) is 1.75. The van der Waals surface area contributed by atoms with Crippen LogP contribution in [0, 0.1) is 0 Å². The molecule has 1 aliphatic rings. The second-order valence-electron chi connectivity index (χ2n) is 5.29. The van der Waals surface area contributed by atoms with E-state index < -0.39 is 23.2 Å². The highest BCUT2D eigenvalue weighted by molar-refractivity contribution is 5.84. The van der Waals surface area contributed by atoms with E-state index in [1.54, 1.807) is 20.8 Å². The molecule has 0 unspecified atom stereocenters. The Morgan fingerprint density at radius 2 is 2.06 bits per heavy atom. The molecule has 0 radical (unpaired) electrons. The fraction of sp³-hybridized carbons (Fsp3) is 0.818. The van der Waals surface area contributed by atoms with Gasteiger partial charge >= 0.3 is 12.1 Å². The van der Waals surface area contributed by atoms with Crippen molar-refractivity contribution in [2.45, 2.75) is 44.8 Å². The Kier molecular flexibility index (Phi) is 3.98. The summed E-state index contributed by atoms with van der Waals surface area (Å²) in [5.74, 6) is -1.03. The predicted octanol–water partition coefficient (Wildman–Crippen LogP) is 0.718. The molecule has 17 heavy (non-hydrogen) atoms. The lowest BCUT2D eigenvalue weighted by Crippen LogP contribution is -2.63. The number of ether oxygens (including phenoxy) is 1. The number of carboxylic acids is 1. The van der Waals surface area contributed by atoms with E-state index in [1.807, 2.05) is 0 Å². The second kappa shape index (κ2) is 4.91. The standard InChI is InChI=1S/C11H20N2O4/c1-10(2,3)17-9(16)13-11(8(14)15)5-4-6-12-7-11/h12H,4-7H2,1-3H3,(H,13,16)(H,14,15)/t11-/m1/s1. The Hall–Kier alpha value is -1.30. The molecule has 1 saturated heterocycles. The lowest BCUT2D eigenvalue weighted by atomic mass is 9.90. The summed E-state index contributed by atoms with van der Waals surface area (Å²) >= 11 is 0. The first-order valence-electron chi connectivity index (χ1n) is 5.70. The minimum atomic E-state index is -1.25. The zero-order valence-electron chi connectivity index (χ0n) is 10.5. The highest BCUT2D eigenvalue weighted by Gasteiger charge is 2.42. The van der Waals surface area contributed by atoms with Crippen molar-refractivity contribution in [1.29, 1.82) is 0 Å². The highest BCUT2D eigenvalue weighted by Crippen LogP contribution is 2.18. The topological polar surface area (TPSA) is 87.7 Å². The van der Waals surface area contributed by atoms with Crippen LogP contribution >= 0.6 is 0 Å². The summed E-state index contributed by atoms with van der Waals surface area (Å²) in [5, 5.41) is 14.7. The maximum atomic E-state index is 11.6. The van der Waals surface area contributed by atoms with Crippen molar-refractivity contribution >= 4 is 12.1 Å². The first-order chi connectivity index (χ1) is 7.75. The summed E-state index contributed by atoms with van der Waals surface area (Å²) in [5.41, 5.74) is -1.88. The maximum absolute atomic E-state index is 11.6. The number of carbonyl (C=O) groups excluding carboxylic acids is 1. The molecule has 1 aliphatic heterocycles. The van der Waals surface area contributed by atoms with E-state index in [4.69, 9.17) is 4.74 Å². The SMILES string of the molecule is CC(C)(C)OC(=O)N[C@]1(C(=O)O)CCCNC1. The largest absolute Gasteiger partial charge is 0.479 e. The molecule has 1 rings (SSSR count). The molecule has 0 aliphatic carbocycles. The van der Waals surface area contributed by atoms with Crippen LogP contribution in [0.5, 0.6) is 0 Å². The van der Waals surface area contributed by atoms with E-state index in [-0.39, 0.29) is 6.54 Å². The van der Waals surface area contributed by atoms with Gasteiger partial charge in [0.05, 0.1) is 0 Å². The van der Waals surface area contributed by atoms with Crippen LogP contribution in [0.15, 0.2) is 0 Å². The Morgan fingerprint density at radius 1 is 1.41 bits per heavy atom. The second-order valence-corrected chi connectivity index (χ2v) is 5.29. The Labute approximate surface area is 101 Å². The fourth-order valence-electron chi connectivity index (χ4n) is 1.75. The number of hydrogen-bond acceptors (Lipinski definition) is 4. The third kappa shape index (κ3) is 3.89. The molecule has 1 heterocycles. The molecule has 1 amide bonds. The molecule has 6 heteroatoms. The predicted molar refractivity (Wildman–Crippen MR) is 61.8 cm³/mol. The van der Waals surface area contributed by atoms with Gasteiger partial charge in [0.15, 0.2) is 5.54 Å². The molecule has 0 saturated carbocycles. The average Bonchev–Trinajstić information content (AvgIpc) is 2.15. The smallest absolute Gasteiger partial charge is 0.408 e. The quantitative estimate of drug-likeness (QED) is 0.666. The van der Waals surface area contributed by atoms with Gasteiger partial charge in [0, 0.05) is 6.54 Å². The number of aliphatic carboxylic acids is 1. The minimum Gasteiger partial charge on any atom is -0.479 e. The number of rotatable bonds is 2. The normalized spacial score (nSPS) is 25.1. The van der Waals surface area contributed by atoms with E-state index >= 15 is 0 Å². The number of alkyl carbamates (subject to hydrolysis) is 1. The number of piperidine rings is 1. The van der Waals surface area contributed by atoms with Crippen molar-refractivity contribution in [3.05, 3.63) is 0 Å². The van der Waals surface area contributed by atoms with Gasteiger partial charge in [-0.1, -0.05) is 0 Å². The van der Waals surface area contributed by atoms with Crippen molar-refractivity contribution in [1.82, 2.24) is 10.6 Å². The zero-order valence-corrected chi connectivity index (χ0v) is 10.5. The van der Waals surface area contributed by atoms with Crippen LogP contribution in [0.3, 0.4) is 0 Å². The summed E-state index contributed by atoms with van der Waals surface area (Å²) < 4.78 is 5.07. The summed E-state index contributed by atoms with van der Waals surface area (Å²) in [6, 6.07) is 0. The van der Waals surface area contributed by atoms with Crippen LogP contribution in [-0.4, -0.2) is 41.4 Å². The van der Waals surface area contributed by atoms with Crippen molar-refractivity contribution in [3.63, 3.8) is 0 Å². The van der Waals surface area contributed by atoms with Gasteiger partial charge in [0.1, 0.15) is 5.60 Å². The van der Waals surface area contributed by atoms with Crippen LogP contribution in [0.4, 0.5) is 4.79 Å². The number of hydrogen-bond donors (Lipinski definition) is 3. The Morgan fingerprint density at radius 3 is 2.47 bits per heavy atom.